The van der Waals surface area contributed by atoms with E-state index in [2.05, 4.69) is 16.6 Å². The molecule has 0 amide bonds. The molecule has 0 aliphatic carbocycles. The number of hydrogen-bond donors (Lipinski definition) is 0. The minimum Gasteiger partial charge on any atom is -0.260 e. The third kappa shape index (κ3) is 4.39. The highest BCUT2D eigenvalue weighted by molar-refractivity contribution is 5.99. The number of rotatable bonds is 4. The normalized spacial score (nSPS) is 15.4. The summed E-state index contributed by atoms with van der Waals surface area (Å²) in [6.07, 6.45) is 3.74. The van der Waals surface area contributed by atoms with Gasteiger partial charge in [-0.05, 0) is 47.1 Å². The van der Waals surface area contributed by atoms with Crippen LogP contribution in [0, 0.1) is 0 Å². The van der Waals surface area contributed by atoms with Gasteiger partial charge in [-0.15, -0.1) is 0 Å². The SMILES string of the molecule is C=C(C)/C(C)=C(C)/N=C(C)/C(=C/C)N=CC. The summed E-state index contributed by atoms with van der Waals surface area (Å²) in [5, 5.41) is 0. The lowest BCUT2D eigenvalue weighted by molar-refractivity contribution is 1.18. The summed E-state index contributed by atoms with van der Waals surface area (Å²) in [4.78, 5) is 8.80. The molecule has 2 nitrogen and oxygen atoms in total. The number of hydrogen-bond acceptors (Lipinski definition) is 2. The molecule has 0 atom stereocenters. The van der Waals surface area contributed by atoms with Crippen molar-refractivity contribution in [2.75, 3.05) is 0 Å². The van der Waals surface area contributed by atoms with Gasteiger partial charge in [-0.25, -0.2) is 0 Å². The molecule has 0 aliphatic heterocycles. The molecular formula is C14H22N2. The molecule has 88 valence electrons. The van der Waals surface area contributed by atoms with Crippen LogP contribution in [0.3, 0.4) is 0 Å². The number of nitrogens with zero attached hydrogens (tertiary/aromatic N) is 2. The Bertz CT molecular complexity index is 380. The fourth-order valence-corrected chi connectivity index (χ4v) is 1.22. The molecule has 0 rings (SSSR count). The maximum absolute atomic E-state index is 4.54. The second-order valence-electron chi connectivity index (χ2n) is 3.75. The molecule has 0 aromatic carbocycles. The monoisotopic (exact) mass is 218 g/mol. The van der Waals surface area contributed by atoms with Crippen molar-refractivity contribution in [1.29, 1.82) is 0 Å². The smallest absolute Gasteiger partial charge is 0.0794 e. The molecule has 0 fully saturated rings. The second-order valence-corrected chi connectivity index (χ2v) is 3.75. The van der Waals surface area contributed by atoms with Crippen molar-refractivity contribution in [1.82, 2.24) is 0 Å². The van der Waals surface area contributed by atoms with E-state index < -0.39 is 0 Å². The van der Waals surface area contributed by atoms with Crippen molar-refractivity contribution in [2.45, 2.75) is 41.5 Å². The van der Waals surface area contributed by atoms with E-state index in [1.54, 1.807) is 6.21 Å². The first-order chi connectivity index (χ1) is 7.43. The van der Waals surface area contributed by atoms with E-state index in [1.807, 2.05) is 47.6 Å². The summed E-state index contributed by atoms with van der Waals surface area (Å²) >= 11 is 0. The zero-order chi connectivity index (χ0) is 12.7. The van der Waals surface area contributed by atoms with Gasteiger partial charge in [-0.3, -0.25) is 9.98 Å². The van der Waals surface area contributed by atoms with Crippen LogP contribution < -0.4 is 0 Å². The van der Waals surface area contributed by atoms with Crippen LogP contribution in [0.1, 0.15) is 41.5 Å². The lowest BCUT2D eigenvalue weighted by Gasteiger charge is -2.05. The average molecular weight is 218 g/mol. The van der Waals surface area contributed by atoms with Crippen molar-refractivity contribution in [2.24, 2.45) is 9.98 Å². The Morgan fingerprint density at radius 3 is 2.00 bits per heavy atom. The Balaban J connectivity index is 5.20. The summed E-state index contributed by atoms with van der Waals surface area (Å²) in [5.74, 6) is 0. The molecule has 0 spiro atoms. The standard InChI is InChI=1S/C14H22N2/c1-8-14(15-9-2)13(7)16-12(6)11(5)10(3)4/h8-9H,3H2,1-2,4-7H3/b12-11+,14-8-,15-9?,16-13+. The zero-order valence-corrected chi connectivity index (χ0v) is 11.3. The summed E-state index contributed by atoms with van der Waals surface area (Å²) in [7, 11) is 0. The van der Waals surface area contributed by atoms with Crippen molar-refractivity contribution in [3.63, 3.8) is 0 Å². The molecule has 16 heavy (non-hydrogen) atoms. The summed E-state index contributed by atoms with van der Waals surface area (Å²) in [6.45, 7) is 15.8. The van der Waals surface area contributed by atoms with E-state index >= 15 is 0 Å². The van der Waals surface area contributed by atoms with Crippen LogP contribution >= 0.6 is 0 Å². The molecule has 0 saturated heterocycles. The fourth-order valence-electron chi connectivity index (χ4n) is 1.22. The van der Waals surface area contributed by atoms with Crippen molar-refractivity contribution in [3.8, 4) is 0 Å². The highest BCUT2D eigenvalue weighted by atomic mass is 14.8. The van der Waals surface area contributed by atoms with E-state index in [1.165, 1.54) is 0 Å². The maximum atomic E-state index is 4.54. The van der Waals surface area contributed by atoms with E-state index in [0.717, 1.165) is 28.3 Å². The highest BCUT2D eigenvalue weighted by Crippen LogP contribution is 2.14. The maximum Gasteiger partial charge on any atom is 0.0794 e. The fraction of sp³-hybridized carbons (Fsp3) is 0.429. The van der Waals surface area contributed by atoms with Gasteiger partial charge in [-0.1, -0.05) is 18.2 Å². The van der Waals surface area contributed by atoms with Crippen molar-refractivity contribution >= 4 is 11.9 Å². The van der Waals surface area contributed by atoms with Crippen LogP contribution in [0.4, 0.5) is 0 Å². The molecule has 0 aliphatic rings. The van der Waals surface area contributed by atoms with Crippen LogP contribution in [-0.4, -0.2) is 11.9 Å². The van der Waals surface area contributed by atoms with E-state index in [4.69, 9.17) is 0 Å². The van der Waals surface area contributed by atoms with E-state index in [-0.39, 0.29) is 0 Å². The summed E-state index contributed by atoms with van der Waals surface area (Å²) < 4.78 is 0. The lowest BCUT2D eigenvalue weighted by Crippen LogP contribution is -1.96. The first-order valence-electron chi connectivity index (χ1n) is 5.48. The molecular weight excluding hydrogens is 196 g/mol. The zero-order valence-electron chi connectivity index (χ0n) is 11.3. The van der Waals surface area contributed by atoms with Crippen LogP contribution in [0.25, 0.3) is 0 Å². The first-order valence-corrected chi connectivity index (χ1v) is 5.48. The average Bonchev–Trinajstić information content (AvgIpc) is 2.24. The Labute approximate surface area is 99.2 Å². The third-order valence-electron chi connectivity index (χ3n) is 2.43. The van der Waals surface area contributed by atoms with Crippen molar-refractivity contribution < 1.29 is 0 Å². The highest BCUT2D eigenvalue weighted by Gasteiger charge is 2.00. The molecule has 0 aromatic heterocycles. The minimum atomic E-state index is 0.913. The number of aliphatic imine (C=N–C) groups is 2. The lowest BCUT2D eigenvalue weighted by atomic mass is 10.1. The number of allylic oxidation sites excluding steroid dienone is 5. The molecule has 2 heteroatoms. The largest absolute Gasteiger partial charge is 0.260 e. The molecule has 0 aromatic rings. The van der Waals surface area contributed by atoms with Gasteiger partial charge < -0.3 is 0 Å². The first kappa shape index (κ1) is 14.6. The van der Waals surface area contributed by atoms with Crippen LogP contribution in [0.5, 0.6) is 0 Å². The van der Waals surface area contributed by atoms with Crippen molar-refractivity contribution in [3.05, 3.63) is 35.2 Å². The van der Waals surface area contributed by atoms with Gasteiger partial charge in [0.2, 0.25) is 0 Å². The predicted octanol–water partition coefficient (Wildman–Crippen LogP) is 4.31. The Morgan fingerprint density at radius 1 is 1.06 bits per heavy atom. The summed E-state index contributed by atoms with van der Waals surface area (Å²) in [6, 6.07) is 0. The van der Waals surface area contributed by atoms with E-state index in [0.29, 0.717) is 0 Å². The van der Waals surface area contributed by atoms with Crippen LogP contribution in [0.2, 0.25) is 0 Å². The molecule has 0 unspecified atom stereocenters. The molecule has 0 radical (unpaired) electrons. The summed E-state index contributed by atoms with van der Waals surface area (Å²) in [5.41, 5.74) is 5.02. The Morgan fingerprint density at radius 2 is 1.62 bits per heavy atom. The van der Waals surface area contributed by atoms with Gasteiger partial charge in [0.15, 0.2) is 0 Å². The Kier molecular flexibility index (Phi) is 6.31. The molecule has 0 heterocycles. The van der Waals surface area contributed by atoms with Crippen LogP contribution in [-0.2, 0) is 0 Å². The quantitative estimate of drug-likeness (QED) is 0.496. The Hall–Kier alpha value is -1.44. The van der Waals surface area contributed by atoms with Gasteiger partial charge in [-0.2, -0.15) is 0 Å². The van der Waals surface area contributed by atoms with Crippen LogP contribution in [0.15, 0.2) is 45.2 Å². The topological polar surface area (TPSA) is 24.7 Å². The molecule has 0 saturated carbocycles. The van der Waals surface area contributed by atoms with Gasteiger partial charge in [0.1, 0.15) is 0 Å². The minimum absolute atomic E-state index is 0.913. The predicted molar refractivity (Wildman–Crippen MR) is 74.2 cm³/mol. The van der Waals surface area contributed by atoms with E-state index in [9.17, 15) is 0 Å². The van der Waals surface area contributed by atoms with Gasteiger partial charge in [0, 0.05) is 11.9 Å². The van der Waals surface area contributed by atoms with Gasteiger partial charge in [0.05, 0.1) is 11.4 Å². The molecule has 0 bridgehead atoms. The van der Waals surface area contributed by atoms with Gasteiger partial charge >= 0.3 is 0 Å². The second kappa shape index (κ2) is 6.94. The third-order valence-corrected chi connectivity index (χ3v) is 2.43. The molecule has 0 N–H and O–H groups in total. The van der Waals surface area contributed by atoms with Gasteiger partial charge in [0.25, 0.3) is 0 Å².